The van der Waals surface area contributed by atoms with Gasteiger partial charge in [0.15, 0.2) is 0 Å². The first-order valence-electron chi connectivity index (χ1n) is 4.92. The average Bonchev–Trinajstić information content (AvgIpc) is 2.16. The first kappa shape index (κ1) is 12.0. The van der Waals surface area contributed by atoms with Crippen molar-refractivity contribution in [2.45, 2.75) is 39.7 Å². The van der Waals surface area contributed by atoms with Gasteiger partial charge < -0.3 is 5.32 Å². The fourth-order valence-corrected chi connectivity index (χ4v) is 1.11. The lowest BCUT2D eigenvalue weighted by Gasteiger charge is -2.11. The minimum atomic E-state index is 0.103. The summed E-state index contributed by atoms with van der Waals surface area (Å²) in [4.78, 5) is 3.69. The summed E-state index contributed by atoms with van der Waals surface area (Å²) in [6.45, 7) is 11.6. The second-order valence-electron chi connectivity index (χ2n) is 3.55. The van der Waals surface area contributed by atoms with E-state index in [1.54, 1.807) is 0 Å². The Kier molecular flexibility index (Phi) is 6.05. The van der Waals surface area contributed by atoms with Crippen LogP contribution in [0.15, 0.2) is 11.8 Å². The Morgan fingerprint density at radius 1 is 1.54 bits per heavy atom. The molecule has 0 spiro atoms. The third-order valence-corrected chi connectivity index (χ3v) is 2.26. The highest BCUT2D eigenvalue weighted by molar-refractivity contribution is 5.08. The summed E-state index contributed by atoms with van der Waals surface area (Å²) >= 11 is 0. The second kappa shape index (κ2) is 6.54. The van der Waals surface area contributed by atoms with E-state index in [1.807, 2.05) is 14.0 Å². The van der Waals surface area contributed by atoms with E-state index in [9.17, 15) is 0 Å². The normalized spacial score (nSPS) is 16.1. The first-order valence-corrected chi connectivity index (χ1v) is 4.92. The smallest absolute Gasteiger partial charge is 0.289 e. The Bertz CT molecular complexity index is 201. The minimum absolute atomic E-state index is 0.103. The summed E-state index contributed by atoms with van der Waals surface area (Å²) in [7, 11) is 1.94. The average molecular weight is 181 g/mol. The number of nitrogens with zero attached hydrogens (tertiary/aromatic N) is 1. The van der Waals surface area contributed by atoms with Crippen LogP contribution in [0.3, 0.4) is 0 Å². The van der Waals surface area contributed by atoms with Crippen LogP contribution in [-0.4, -0.2) is 13.1 Å². The SMILES string of the molecule is C#[N+]C(C)C=C(CC(C)CC)NC. The van der Waals surface area contributed by atoms with Crippen LogP contribution in [0.2, 0.25) is 0 Å². The summed E-state index contributed by atoms with van der Waals surface area (Å²) < 4.78 is 0. The van der Waals surface area contributed by atoms with Gasteiger partial charge in [-0.15, -0.1) is 0 Å². The van der Waals surface area contributed by atoms with E-state index in [0.717, 1.165) is 6.42 Å². The lowest BCUT2D eigenvalue weighted by Crippen LogP contribution is -2.11. The van der Waals surface area contributed by atoms with Crippen molar-refractivity contribution in [3.8, 4) is 6.57 Å². The molecule has 2 atom stereocenters. The maximum atomic E-state index is 5.19. The van der Waals surface area contributed by atoms with Crippen LogP contribution in [0.1, 0.15) is 33.6 Å². The van der Waals surface area contributed by atoms with Crippen LogP contribution in [0.5, 0.6) is 0 Å². The van der Waals surface area contributed by atoms with E-state index in [-0.39, 0.29) is 6.04 Å². The topological polar surface area (TPSA) is 16.4 Å². The molecule has 0 heterocycles. The molecule has 0 aromatic rings. The Morgan fingerprint density at radius 3 is 2.54 bits per heavy atom. The van der Waals surface area contributed by atoms with Crippen molar-refractivity contribution in [1.29, 1.82) is 0 Å². The van der Waals surface area contributed by atoms with Crippen molar-refractivity contribution in [3.63, 3.8) is 0 Å². The monoisotopic (exact) mass is 181 g/mol. The van der Waals surface area contributed by atoms with Gasteiger partial charge in [-0.2, -0.15) is 0 Å². The quantitative estimate of drug-likeness (QED) is 0.690. The van der Waals surface area contributed by atoms with Gasteiger partial charge in [-0.25, -0.2) is 0 Å². The molecule has 13 heavy (non-hydrogen) atoms. The summed E-state index contributed by atoms with van der Waals surface area (Å²) in [6.07, 6.45) is 4.35. The lowest BCUT2D eigenvalue weighted by molar-refractivity contribution is 0.541. The molecule has 0 aliphatic carbocycles. The van der Waals surface area contributed by atoms with Gasteiger partial charge in [0.1, 0.15) is 0 Å². The van der Waals surface area contributed by atoms with Crippen LogP contribution in [0, 0.1) is 12.5 Å². The molecule has 1 N–H and O–H groups in total. The molecule has 0 aromatic heterocycles. The number of allylic oxidation sites excluding steroid dienone is 1. The standard InChI is InChI=1S/C11H21N2/c1-6-9(2)7-11(13-5)8-10(3)12-4/h4,8-10,13H,6-7H2,1-3,5H3/q+1. The molecule has 0 fully saturated rings. The molecule has 0 saturated heterocycles. The molecule has 0 aromatic carbocycles. The van der Waals surface area contributed by atoms with Gasteiger partial charge >= 0.3 is 0 Å². The zero-order valence-corrected chi connectivity index (χ0v) is 9.17. The highest BCUT2D eigenvalue weighted by Crippen LogP contribution is 2.13. The third-order valence-electron chi connectivity index (χ3n) is 2.26. The Morgan fingerprint density at radius 2 is 2.15 bits per heavy atom. The molecular weight excluding hydrogens is 160 g/mol. The highest BCUT2D eigenvalue weighted by Gasteiger charge is 2.08. The summed E-state index contributed by atoms with van der Waals surface area (Å²) in [5.41, 5.74) is 1.23. The van der Waals surface area contributed by atoms with Crippen molar-refractivity contribution in [1.82, 2.24) is 5.32 Å². The molecule has 0 radical (unpaired) electrons. The maximum Gasteiger partial charge on any atom is 0.289 e. The van der Waals surface area contributed by atoms with E-state index in [4.69, 9.17) is 6.57 Å². The summed E-state index contributed by atoms with van der Waals surface area (Å²) in [5, 5.41) is 3.18. The summed E-state index contributed by atoms with van der Waals surface area (Å²) in [5.74, 6) is 0.712. The third kappa shape index (κ3) is 5.30. The van der Waals surface area contributed by atoms with Gasteiger partial charge in [0.2, 0.25) is 0 Å². The highest BCUT2D eigenvalue weighted by atomic mass is 14.8. The molecule has 0 aliphatic heterocycles. The zero-order valence-electron chi connectivity index (χ0n) is 9.17. The van der Waals surface area contributed by atoms with E-state index in [2.05, 4.69) is 30.1 Å². The largest absolute Gasteiger partial charge is 0.391 e. The number of nitrogens with one attached hydrogen (secondary N) is 1. The molecule has 0 amide bonds. The predicted molar refractivity (Wildman–Crippen MR) is 59.0 cm³/mol. The van der Waals surface area contributed by atoms with E-state index < -0.39 is 0 Å². The molecule has 0 bridgehead atoms. The number of hydrogen-bond donors (Lipinski definition) is 1. The van der Waals surface area contributed by atoms with E-state index >= 15 is 0 Å². The molecule has 74 valence electrons. The Balaban J connectivity index is 4.18. The van der Waals surface area contributed by atoms with Gasteiger partial charge in [-0.1, -0.05) is 25.1 Å². The molecule has 2 heteroatoms. The van der Waals surface area contributed by atoms with E-state index in [1.165, 1.54) is 12.1 Å². The molecule has 0 rings (SSSR count). The molecule has 2 nitrogen and oxygen atoms in total. The van der Waals surface area contributed by atoms with Crippen molar-refractivity contribution in [2.75, 3.05) is 7.05 Å². The van der Waals surface area contributed by atoms with Gasteiger partial charge in [0, 0.05) is 25.7 Å². The summed E-state index contributed by atoms with van der Waals surface area (Å²) in [6, 6.07) is 0.103. The molecule has 0 aliphatic rings. The predicted octanol–water partition coefficient (Wildman–Crippen LogP) is 2.88. The molecule has 0 saturated carbocycles. The molecule has 2 unspecified atom stereocenters. The van der Waals surface area contributed by atoms with Gasteiger partial charge in [0.05, 0.1) is 0 Å². The van der Waals surface area contributed by atoms with Crippen LogP contribution >= 0.6 is 0 Å². The van der Waals surface area contributed by atoms with Crippen LogP contribution < -0.4 is 5.32 Å². The van der Waals surface area contributed by atoms with Crippen molar-refractivity contribution in [2.24, 2.45) is 5.92 Å². The Hall–Kier alpha value is -0.970. The van der Waals surface area contributed by atoms with Gasteiger partial charge in [-0.05, 0) is 12.3 Å². The van der Waals surface area contributed by atoms with Crippen LogP contribution in [-0.2, 0) is 0 Å². The maximum absolute atomic E-state index is 5.19. The van der Waals surface area contributed by atoms with Gasteiger partial charge in [-0.3, -0.25) is 0 Å². The molecular formula is C11H21N2+. The van der Waals surface area contributed by atoms with Crippen molar-refractivity contribution >= 4 is 0 Å². The second-order valence-corrected chi connectivity index (χ2v) is 3.55. The van der Waals surface area contributed by atoms with E-state index in [0.29, 0.717) is 5.92 Å². The lowest BCUT2D eigenvalue weighted by atomic mass is 10.0. The fraction of sp³-hybridized carbons (Fsp3) is 0.727. The number of hydrogen-bond acceptors (Lipinski definition) is 1. The van der Waals surface area contributed by atoms with Crippen LogP contribution in [0.4, 0.5) is 0 Å². The zero-order chi connectivity index (χ0) is 10.3. The minimum Gasteiger partial charge on any atom is -0.391 e. The Labute approximate surface area is 81.9 Å². The van der Waals surface area contributed by atoms with Crippen LogP contribution in [0.25, 0.3) is 4.85 Å². The number of rotatable bonds is 5. The van der Waals surface area contributed by atoms with Gasteiger partial charge in [0.25, 0.3) is 12.6 Å². The van der Waals surface area contributed by atoms with Crippen molar-refractivity contribution in [3.05, 3.63) is 16.6 Å². The first-order chi connectivity index (χ1) is 6.13. The van der Waals surface area contributed by atoms with Crippen molar-refractivity contribution < 1.29 is 0 Å². The fourth-order valence-electron chi connectivity index (χ4n) is 1.11.